The Hall–Kier alpha value is -0.780. The van der Waals surface area contributed by atoms with E-state index in [0.717, 1.165) is 55.5 Å². The summed E-state index contributed by atoms with van der Waals surface area (Å²) in [5.74, 6) is 0. The van der Waals surface area contributed by atoms with E-state index in [2.05, 4.69) is 4.98 Å². The van der Waals surface area contributed by atoms with Crippen LogP contribution in [0.3, 0.4) is 0 Å². The molecule has 1 saturated heterocycles. The fourth-order valence-electron chi connectivity index (χ4n) is 1.98. The summed E-state index contributed by atoms with van der Waals surface area (Å²) in [5.41, 5.74) is -0.764. The summed E-state index contributed by atoms with van der Waals surface area (Å²) in [6.07, 6.45) is 1.32. The van der Waals surface area contributed by atoms with Gasteiger partial charge in [0.1, 0.15) is 0 Å². The van der Waals surface area contributed by atoms with E-state index < -0.39 is 11.9 Å². The molecule has 0 radical (unpaired) electrons. The molecule has 0 bridgehead atoms. The van der Waals surface area contributed by atoms with Gasteiger partial charge >= 0.3 is 6.18 Å². The van der Waals surface area contributed by atoms with Gasteiger partial charge in [-0.25, -0.2) is 4.98 Å². The van der Waals surface area contributed by atoms with Crippen LogP contribution in [0, 0.1) is 0 Å². The maximum Gasteiger partial charge on any atom is 0.434 e. The number of alkyl halides is 3. The highest BCUT2D eigenvalue weighted by molar-refractivity contribution is 7.13. The minimum Gasteiger partial charge on any atom is -0.348 e. The average molecular weight is 264 g/mol. The number of nitrogens with zero attached hydrogens (tertiary/aromatic N) is 2. The van der Waals surface area contributed by atoms with E-state index >= 15 is 0 Å². The molecule has 1 aliphatic heterocycles. The Balaban J connectivity index is 2.07. The van der Waals surface area contributed by atoms with Crippen LogP contribution in [0.15, 0.2) is 5.38 Å². The maximum absolute atomic E-state index is 12.4. The van der Waals surface area contributed by atoms with Gasteiger partial charge in [-0.2, -0.15) is 13.2 Å². The summed E-state index contributed by atoms with van der Waals surface area (Å²) >= 11 is 1.09. The molecule has 0 atom stereocenters. The van der Waals surface area contributed by atoms with Crippen molar-refractivity contribution >= 4 is 16.5 Å². The van der Waals surface area contributed by atoms with Crippen LogP contribution >= 0.6 is 11.3 Å². The second kappa shape index (κ2) is 5.25. The van der Waals surface area contributed by atoms with E-state index in [1.165, 1.54) is 6.42 Å². The predicted octanol–water partition coefficient (Wildman–Crippen LogP) is 3.93. The highest BCUT2D eigenvalue weighted by atomic mass is 32.1. The number of halogens is 3. The molecule has 1 aromatic rings. The molecule has 6 heteroatoms. The second-order valence-corrected chi connectivity index (χ2v) is 5.10. The second-order valence-electron chi connectivity index (χ2n) is 4.27. The molecule has 96 valence electrons. The zero-order valence-electron chi connectivity index (χ0n) is 9.46. The van der Waals surface area contributed by atoms with Gasteiger partial charge in [0.25, 0.3) is 0 Å². The van der Waals surface area contributed by atoms with Crippen molar-refractivity contribution in [1.82, 2.24) is 4.98 Å². The SMILES string of the molecule is FC(F)(F)c1csc(N2CCCCCCC2)n1. The van der Waals surface area contributed by atoms with Gasteiger partial charge in [-0.3, -0.25) is 0 Å². The Morgan fingerprint density at radius 2 is 1.65 bits per heavy atom. The van der Waals surface area contributed by atoms with Crippen molar-refractivity contribution in [2.75, 3.05) is 18.0 Å². The van der Waals surface area contributed by atoms with Crippen molar-refractivity contribution < 1.29 is 13.2 Å². The van der Waals surface area contributed by atoms with Crippen LogP contribution in [0.4, 0.5) is 18.3 Å². The quantitative estimate of drug-likeness (QED) is 0.764. The molecule has 1 aromatic heterocycles. The number of thiazole rings is 1. The minimum absolute atomic E-state index is 0.513. The predicted molar refractivity (Wildman–Crippen MR) is 62.4 cm³/mol. The third-order valence-corrected chi connectivity index (χ3v) is 3.81. The first-order valence-corrected chi connectivity index (χ1v) is 6.73. The molecule has 0 N–H and O–H groups in total. The van der Waals surface area contributed by atoms with Crippen molar-refractivity contribution in [2.24, 2.45) is 0 Å². The summed E-state index contributed by atoms with van der Waals surface area (Å²) in [4.78, 5) is 5.68. The van der Waals surface area contributed by atoms with E-state index in [1.54, 1.807) is 0 Å². The normalized spacial score (nSPS) is 18.9. The number of hydrogen-bond donors (Lipinski definition) is 0. The van der Waals surface area contributed by atoms with Gasteiger partial charge in [0.15, 0.2) is 10.8 Å². The van der Waals surface area contributed by atoms with E-state index in [-0.39, 0.29) is 0 Å². The van der Waals surface area contributed by atoms with E-state index in [0.29, 0.717) is 5.13 Å². The van der Waals surface area contributed by atoms with E-state index in [9.17, 15) is 13.2 Å². The number of hydrogen-bond acceptors (Lipinski definition) is 3. The Kier molecular flexibility index (Phi) is 3.91. The largest absolute Gasteiger partial charge is 0.434 e. The molecule has 1 fully saturated rings. The lowest BCUT2D eigenvalue weighted by Crippen LogP contribution is -2.27. The van der Waals surface area contributed by atoms with Gasteiger partial charge < -0.3 is 4.90 Å². The molecular weight excluding hydrogens is 249 g/mol. The van der Waals surface area contributed by atoms with Crippen LogP contribution in [0.5, 0.6) is 0 Å². The molecule has 0 unspecified atom stereocenters. The highest BCUT2D eigenvalue weighted by Crippen LogP contribution is 2.33. The molecule has 0 spiro atoms. The molecule has 2 heterocycles. The first-order valence-electron chi connectivity index (χ1n) is 5.85. The maximum atomic E-state index is 12.4. The third-order valence-electron chi connectivity index (χ3n) is 2.91. The summed E-state index contributed by atoms with van der Waals surface area (Å²) in [7, 11) is 0. The Labute approximate surface area is 102 Å². The smallest absolute Gasteiger partial charge is 0.348 e. The third kappa shape index (κ3) is 3.34. The Morgan fingerprint density at radius 3 is 2.18 bits per heavy atom. The molecule has 2 rings (SSSR count). The molecule has 2 nitrogen and oxygen atoms in total. The zero-order chi connectivity index (χ0) is 12.3. The van der Waals surface area contributed by atoms with E-state index in [4.69, 9.17) is 0 Å². The van der Waals surface area contributed by atoms with Crippen molar-refractivity contribution in [3.8, 4) is 0 Å². The molecule has 0 saturated carbocycles. The van der Waals surface area contributed by atoms with Crippen LogP contribution in [0.2, 0.25) is 0 Å². The Bertz CT molecular complexity index is 354. The zero-order valence-corrected chi connectivity index (χ0v) is 10.3. The van der Waals surface area contributed by atoms with Crippen LogP contribution in [0.1, 0.15) is 37.8 Å². The lowest BCUT2D eigenvalue weighted by molar-refractivity contribution is -0.140. The Morgan fingerprint density at radius 1 is 1.06 bits per heavy atom. The van der Waals surface area contributed by atoms with Crippen LogP contribution in [-0.4, -0.2) is 18.1 Å². The number of aromatic nitrogens is 1. The van der Waals surface area contributed by atoms with Crippen LogP contribution < -0.4 is 4.90 Å². The van der Waals surface area contributed by atoms with Crippen molar-refractivity contribution in [2.45, 2.75) is 38.3 Å². The monoisotopic (exact) mass is 264 g/mol. The van der Waals surface area contributed by atoms with Crippen molar-refractivity contribution in [1.29, 1.82) is 0 Å². The van der Waals surface area contributed by atoms with Gasteiger partial charge in [0, 0.05) is 18.5 Å². The summed E-state index contributed by atoms with van der Waals surface area (Å²) in [6, 6.07) is 0. The molecule has 0 amide bonds. The fraction of sp³-hybridized carbons (Fsp3) is 0.727. The highest BCUT2D eigenvalue weighted by Gasteiger charge is 2.34. The summed E-state index contributed by atoms with van der Waals surface area (Å²) < 4.78 is 37.3. The van der Waals surface area contributed by atoms with Crippen LogP contribution in [0.25, 0.3) is 0 Å². The lowest BCUT2D eigenvalue weighted by Gasteiger charge is -2.23. The lowest BCUT2D eigenvalue weighted by atomic mass is 10.1. The van der Waals surface area contributed by atoms with Gasteiger partial charge in [0.2, 0.25) is 0 Å². The molecule has 1 aliphatic rings. The first kappa shape index (κ1) is 12.7. The summed E-state index contributed by atoms with van der Waals surface area (Å²) in [5, 5.41) is 1.62. The molecule has 0 aromatic carbocycles. The average Bonchev–Trinajstić information content (AvgIpc) is 2.65. The first-order chi connectivity index (χ1) is 8.07. The topological polar surface area (TPSA) is 16.1 Å². The standard InChI is InChI=1S/C11H15F3N2S/c12-11(13,14)9-8-17-10(15-9)16-6-4-2-1-3-5-7-16/h8H,1-7H2. The minimum atomic E-state index is -4.32. The van der Waals surface area contributed by atoms with Crippen LogP contribution in [-0.2, 0) is 6.18 Å². The van der Waals surface area contributed by atoms with Crippen molar-refractivity contribution in [3.63, 3.8) is 0 Å². The van der Waals surface area contributed by atoms with Gasteiger partial charge in [0.05, 0.1) is 0 Å². The molecule has 0 aliphatic carbocycles. The molecule has 17 heavy (non-hydrogen) atoms. The van der Waals surface area contributed by atoms with E-state index in [1.807, 2.05) is 4.90 Å². The number of rotatable bonds is 1. The fourth-order valence-corrected chi connectivity index (χ4v) is 2.86. The summed E-state index contributed by atoms with van der Waals surface area (Å²) in [6.45, 7) is 1.65. The number of anilines is 1. The van der Waals surface area contributed by atoms with Gasteiger partial charge in [-0.15, -0.1) is 11.3 Å². The van der Waals surface area contributed by atoms with Crippen molar-refractivity contribution in [3.05, 3.63) is 11.1 Å². The molecular formula is C11H15F3N2S. The van der Waals surface area contributed by atoms with Gasteiger partial charge in [-0.05, 0) is 12.8 Å². The van der Waals surface area contributed by atoms with Gasteiger partial charge in [-0.1, -0.05) is 19.3 Å².